The summed E-state index contributed by atoms with van der Waals surface area (Å²) in [5, 5.41) is 9.37. The van der Waals surface area contributed by atoms with Crippen LogP contribution in [0.2, 0.25) is 4.47 Å². The van der Waals surface area contributed by atoms with Gasteiger partial charge in [0.05, 0.1) is 12.3 Å². The molecule has 8 heteroatoms. The van der Waals surface area contributed by atoms with Crippen LogP contribution in [0.25, 0.3) is 0 Å². The van der Waals surface area contributed by atoms with Crippen molar-refractivity contribution in [2.75, 3.05) is 0 Å². The second-order valence-corrected chi connectivity index (χ2v) is 8.17. The van der Waals surface area contributed by atoms with Crippen molar-refractivity contribution in [2.45, 2.75) is 48.3 Å². The Kier molecular flexibility index (Phi) is 4.46. The van der Waals surface area contributed by atoms with Gasteiger partial charge in [-0.15, -0.1) is 0 Å². The highest BCUT2D eigenvalue weighted by Crippen LogP contribution is 2.30. The molecule has 0 bridgehead atoms. The normalized spacial score (nSPS) is 19.6. The molecular weight excluding hydrogens is 306 g/mol. The zero-order chi connectivity index (χ0) is 13.9. The van der Waals surface area contributed by atoms with Crippen LogP contribution in [0, 0.1) is 11.3 Å². The van der Waals surface area contributed by atoms with Gasteiger partial charge in [-0.25, -0.2) is 13.4 Å². The van der Waals surface area contributed by atoms with Crippen LogP contribution >= 0.6 is 22.9 Å². The molecule has 1 aromatic heterocycles. The van der Waals surface area contributed by atoms with Gasteiger partial charge in [-0.2, -0.15) is 9.98 Å². The average Bonchev–Trinajstić information content (AvgIpc) is 2.68. The van der Waals surface area contributed by atoms with Crippen molar-refractivity contribution in [1.82, 2.24) is 9.71 Å². The molecule has 0 saturated heterocycles. The van der Waals surface area contributed by atoms with E-state index < -0.39 is 15.6 Å². The summed E-state index contributed by atoms with van der Waals surface area (Å²) < 4.78 is 27.3. The lowest BCUT2D eigenvalue weighted by atomic mass is 9.94. The van der Waals surface area contributed by atoms with Crippen LogP contribution in [0.5, 0.6) is 0 Å². The first kappa shape index (κ1) is 14.7. The van der Waals surface area contributed by atoms with Crippen LogP contribution in [0.4, 0.5) is 0 Å². The van der Waals surface area contributed by atoms with E-state index in [2.05, 4.69) is 15.8 Å². The first-order chi connectivity index (χ1) is 8.97. The maximum atomic E-state index is 12.2. The van der Waals surface area contributed by atoms with Crippen LogP contribution in [0.3, 0.4) is 0 Å². The number of nitrogens with one attached hydrogen (secondary N) is 1. The fourth-order valence-corrected chi connectivity index (χ4v) is 4.91. The maximum Gasteiger partial charge on any atom is 0.253 e. The van der Waals surface area contributed by atoms with E-state index in [1.807, 2.05) is 0 Å². The number of hydrogen-bond donors (Lipinski definition) is 1. The molecule has 2 rings (SSSR count). The van der Waals surface area contributed by atoms with Crippen molar-refractivity contribution in [2.24, 2.45) is 0 Å². The largest absolute Gasteiger partial charge is 0.253 e. The third-order valence-electron chi connectivity index (χ3n) is 3.22. The van der Waals surface area contributed by atoms with Crippen molar-refractivity contribution >= 4 is 33.0 Å². The van der Waals surface area contributed by atoms with Gasteiger partial charge in [0.25, 0.3) is 10.0 Å². The van der Waals surface area contributed by atoms with Gasteiger partial charge in [0.15, 0.2) is 8.68 Å². The molecule has 1 fully saturated rings. The molecule has 19 heavy (non-hydrogen) atoms. The molecule has 0 unspecified atom stereocenters. The molecule has 1 aliphatic carbocycles. The molecule has 1 heterocycles. The fourth-order valence-electron chi connectivity index (χ4n) is 2.24. The molecule has 0 atom stereocenters. The number of thiazole rings is 1. The quantitative estimate of drug-likeness (QED) is 0.868. The molecule has 0 radical (unpaired) electrons. The van der Waals surface area contributed by atoms with Crippen LogP contribution < -0.4 is 4.72 Å². The third-order valence-corrected chi connectivity index (χ3v) is 6.33. The summed E-state index contributed by atoms with van der Waals surface area (Å²) in [6.45, 7) is 0. The highest BCUT2D eigenvalue weighted by molar-refractivity contribution is 7.91. The van der Waals surface area contributed by atoms with Gasteiger partial charge in [-0.1, -0.05) is 48.6 Å². The second-order valence-electron chi connectivity index (χ2n) is 4.65. The highest BCUT2D eigenvalue weighted by atomic mass is 35.5. The van der Waals surface area contributed by atoms with Gasteiger partial charge in [-0.3, -0.25) is 0 Å². The number of aromatic nitrogens is 1. The Bertz CT molecular complexity index is 583. The second kappa shape index (κ2) is 5.75. The summed E-state index contributed by atoms with van der Waals surface area (Å²) in [6, 6.07) is 2.15. The van der Waals surface area contributed by atoms with E-state index in [9.17, 15) is 13.7 Å². The summed E-state index contributed by atoms with van der Waals surface area (Å²) in [5.41, 5.74) is -0.994. The first-order valence-electron chi connectivity index (χ1n) is 6.04. The predicted octanol–water partition coefficient (Wildman–Crippen LogP) is 2.69. The summed E-state index contributed by atoms with van der Waals surface area (Å²) >= 11 is 6.55. The lowest BCUT2D eigenvalue weighted by Gasteiger charge is -2.25. The van der Waals surface area contributed by atoms with E-state index in [0.29, 0.717) is 12.8 Å². The molecule has 1 aromatic rings. The van der Waals surface area contributed by atoms with Gasteiger partial charge >= 0.3 is 0 Å². The number of rotatable bonds is 3. The summed E-state index contributed by atoms with van der Waals surface area (Å²) in [7, 11) is -3.73. The van der Waals surface area contributed by atoms with E-state index >= 15 is 0 Å². The van der Waals surface area contributed by atoms with Crippen LogP contribution in [0.1, 0.15) is 38.5 Å². The minimum absolute atomic E-state index is 0.0522. The molecular formula is C11H14ClN3O2S2. The molecule has 0 amide bonds. The molecule has 104 valence electrons. The highest BCUT2D eigenvalue weighted by Gasteiger charge is 2.36. The Hall–Kier alpha value is -0.680. The van der Waals surface area contributed by atoms with Gasteiger partial charge in [-0.05, 0) is 12.8 Å². The van der Waals surface area contributed by atoms with Crippen molar-refractivity contribution in [1.29, 1.82) is 5.26 Å². The Morgan fingerprint density at radius 1 is 1.37 bits per heavy atom. The Balaban J connectivity index is 2.24. The van der Waals surface area contributed by atoms with Crippen LogP contribution in [0.15, 0.2) is 10.4 Å². The Labute approximate surface area is 121 Å². The van der Waals surface area contributed by atoms with Gasteiger partial charge in [0.2, 0.25) is 0 Å². The monoisotopic (exact) mass is 319 g/mol. The SMILES string of the molecule is N#CC1(NS(=O)(=O)c2cnc(Cl)s2)CCCCCC1. The van der Waals surface area contributed by atoms with Crippen molar-refractivity contribution in [3.63, 3.8) is 0 Å². The van der Waals surface area contributed by atoms with Gasteiger partial charge in [0, 0.05) is 0 Å². The summed E-state index contributed by atoms with van der Waals surface area (Å²) in [6.07, 6.45) is 6.12. The van der Waals surface area contributed by atoms with Crippen molar-refractivity contribution in [3.8, 4) is 6.07 Å². The topological polar surface area (TPSA) is 82.9 Å². The van der Waals surface area contributed by atoms with E-state index in [1.165, 1.54) is 6.20 Å². The minimum atomic E-state index is -3.73. The molecule has 0 aromatic carbocycles. The number of nitrogens with zero attached hydrogens (tertiary/aromatic N) is 2. The van der Waals surface area contributed by atoms with Crippen molar-refractivity contribution < 1.29 is 8.42 Å². The summed E-state index contributed by atoms with van der Waals surface area (Å²) in [5.74, 6) is 0. The van der Waals surface area contributed by atoms with E-state index in [0.717, 1.165) is 37.0 Å². The predicted molar refractivity (Wildman–Crippen MR) is 73.5 cm³/mol. The molecule has 0 spiro atoms. The standard InChI is InChI=1S/C11H14ClN3O2S2/c12-10-14-7-9(18-10)19(16,17)15-11(8-13)5-3-1-2-4-6-11/h7,15H,1-6H2. The molecule has 1 N–H and O–H groups in total. The smallest absolute Gasteiger partial charge is 0.232 e. The molecule has 0 aliphatic heterocycles. The van der Waals surface area contributed by atoms with E-state index in [4.69, 9.17) is 11.6 Å². The van der Waals surface area contributed by atoms with E-state index in [1.54, 1.807) is 0 Å². The average molecular weight is 320 g/mol. The minimum Gasteiger partial charge on any atom is -0.232 e. The van der Waals surface area contributed by atoms with Gasteiger partial charge in [0.1, 0.15) is 5.54 Å². The third kappa shape index (κ3) is 3.45. The lowest BCUT2D eigenvalue weighted by Crippen LogP contribution is -2.46. The van der Waals surface area contributed by atoms with Crippen molar-refractivity contribution in [3.05, 3.63) is 10.7 Å². The molecule has 1 aliphatic rings. The number of halogens is 1. The molecule has 1 saturated carbocycles. The van der Waals surface area contributed by atoms with E-state index in [-0.39, 0.29) is 8.68 Å². The zero-order valence-electron chi connectivity index (χ0n) is 10.2. The number of hydrogen-bond acceptors (Lipinski definition) is 5. The number of sulfonamides is 1. The van der Waals surface area contributed by atoms with Crippen LogP contribution in [-0.2, 0) is 10.0 Å². The Morgan fingerprint density at radius 2 is 2.00 bits per heavy atom. The number of nitriles is 1. The lowest BCUT2D eigenvalue weighted by molar-refractivity contribution is 0.422. The maximum absolute atomic E-state index is 12.2. The Morgan fingerprint density at radius 3 is 2.47 bits per heavy atom. The van der Waals surface area contributed by atoms with Gasteiger partial charge < -0.3 is 0 Å². The first-order valence-corrected chi connectivity index (χ1v) is 8.72. The molecule has 5 nitrogen and oxygen atoms in total. The zero-order valence-corrected chi connectivity index (χ0v) is 12.6. The van der Waals surface area contributed by atoms with Crippen LogP contribution in [-0.4, -0.2) is 18.9 Å². The fraction of sp³-hybridized carbons (Fsp3) is 0.636. The summed E-state index contributed by atoms with van der Waals surface area (Å²) in [4.78, 5) is 3.72.